The molecular formula is C10H8O6. The van der Waals surface area contributed by atoms with Gasteiger partial charge in [-0.25, -0.2) is 9.59 Å². The molecule has 0 aliphatic heterocycles. The van der Waals surface area contributed by atoms with E-state index < -0.39 is 11.9 Å². The Bertz CT molecular complexity index is 463. The highest BCUT2D eigenvalue weighted by Gasteiger charge is 2.16. The van der Waals surface area contributed by atoms with Gasteiger partial charge in [-0.15, -0.1) is 0 Å². The first kappa shape index (κ1) is 11.7. The van der Waals surface area contributed by atoms with Crippen molar-refractivity contribution < 1.29 is 29.3 Å². The molecule has 0 saturated carbocycles. The van der Waals surface area contributed by atoms with Crippen molar-refractivity contribution in [3.05, 3.63) is 28.8 Å². The van der Waals surface area contributed by atoms with Crippen LogP contribution in [-0.2, 0) is 4.79 Å². The van der Waals surface area contributed by atoms with Crippen molar-refractivity contribution in [2.45, 2.75) is 6.92 Å². The molecule has 0 unspecified atom stereocenters. The number of carboxylic acids is 2. The molecule has 84 valence electrons. The van der Waals surface area contributed by atoms with Gasteiger partial charge in [-0.2, -0.15) is 0 Å². The maximum Gasteiger partial charge on any atom is 0.336 e. The van der Waals surface area contributed by atoms with Crippen LogP contribution >= 0.6 is 0 Å². The summed E-state index contributed by atoms with van der Waals surface area (Å²) >= 11 is 0. The summed E-state index contributed by atoms with van der Waals surface area (Å²) < 4.78 is 4.51. The SMILES string of the molecule is Cc1c(OC=O)cc(C(=O)O)cc1C(=O)O. The molecule has 0 radical (unpaired) electrons. The lowest BCUT2D eigenvalue weighted by molar-refractivity contribution is -0.120. The van der Waals surface area contributed by atoms with E-state index in [1.165, 1.54) is 6.92 Å². The van der Waals surface area contributed by atoms with Crippen LogP contribution in [0.25, 0.3) is 0 Å². The van der Waals surface area contributed by atoms with Crippen LogP contribution in [0.3, 0.4) is 0 Å². The van der Waals surface area contributed by atoms with Crippen LogP contribution in [0.2, 0.25) is 0 Å². The highest BCUT2D eigenvalue weighted by atomic mass is 16.5. The molecule has 0 atom stereocenters. The zero-order valence-corrected chi connectivity index (χ0v) is 8.26. The standard InChI is InChI=1S/C10H8O6/c1-5-7(10(14)15)2-6(9(12)13)3-8(5)16-4-11/h2-4H,1H3,(H,12,13)(H,14,15). The number of benzene rings is 1. The van der Waals surface area contributed by atoms with Crippen molar-refractivity contribution in [1.82, 2.24) is 0 Å². The summed E-state index contributed by atoms with van der Waals surface area (Å²) in [7, 11) is 0. The second-order valence-electron chi connectivity index (χ2n) is 2.97. The molecule has 0 spiro atoms. The molecule has 1 aromatic carbocycles. The first-order chi connectivity index (χ1) is 7.47. The Morgan fingerprint density at radius 1 is 1.25 bits per heavy atom. The zero-order valence-electron chi connectivity index (χ0n) is 8.26. The number of carboxylic acid groups (broad SMARTS) is 2. The van der Waals surface area contributed by atoms with Gasteiger partial charge in [-0.05, 0) is 19.1 Å². The van der Waals surface area contributed by atoms with E-state index in [4.69, 9.17) is 10.2 Å². The number of hydrogen-bond acceptors (Lipinski definition) is 4. The largest absolute Gasteiger partial charge is 0.478 e. The van der Waals surface area contributed by atoms with Crippen molar-refractivity contribution in [3.8, 4) is 5.75 Å². The Morgan fingerprint density at radius 2 is 1.88 bits per heavy atom. The van der Waals surface area contributed by atoms with E-state index in [1.807, 2.05) is 0 Å². The summed E-state index contributed by atoms with van der Waals surface area (Å²) in [6.07, 6.45) is 0. The van der Waals surface area contributed by atoms with Crippen LogP contribution in [0.5, 0.6) is 5.75 Å². The number of carbonyl (C=O) groups excluding carboxylic acids is 1. The van der Waals surface area contributed by atoms with E-state index in [-0.39, 0.29) is 28.9 Å². The Kier molecular flexibility index (Phi) is 3.24. The molecule has 0 heterocycles. The Balaban J connectivity index is 3.44. The van der Waals surface area contributed by atoms with Gasteiger partial charge in [-0.3, -0.25) is 4.79 Å². The molecule has 0 bridgehead atoms. The fourth-order valence-corrected chi connectivity index (χ4v) is 1.21. The molecule has 1 aromatic rings. The summed E-state index contributed by atoms with van der Waals surface area (Å²) in [6, 6.07) is 2.11. The molecule has 0 aromatic heterocycles. The predicted molar refractivity (Wildman–Crippen MR) is 51.8 cm³/mol. The predicted octanol–water partition coefficient (Wildman–Crippen LogP) is 0.927. The van der Waals surface area contributed by atoms with Crippen molar-refractivity contribution in [3.63, 3.8) is 0 Å². The average molecular weight is 224 g/mol. The summed E-state index contributed by atoms with van der Waals surface area (Å²) in [4.78, 5) is 31.7. The molecule has 0 amide bonds. The van der Waals surface area contributed by atoms with Gasteiger partial charge in [0, 0.05) is 5.56 Å². The fraction of sp³-hybridized carbons (Fsp3) is 0.100. The normalized spacial score (nSPS) is 9.56. The average Bonchev–Trinajstić information content (AvgIpc) is 2.20. The minimum atomic E-state index is -1.29. The highest BCUT2D eigenvalue weighted by molar-refractivity contribution is 5.96. The van der Waals surface area contributed by atoms with E-state index in [1.54, 1.807) is 0 Å². The van der Waals surface area contributed by atoms with Gasteiger partial charge in [0.05, 0.1) is 11.1 Å². The Morgan fingerprint density at radius 3 is 2.31 bits per heavy atom. The lowest BCUT2D eigenvalue weighted by atomic mass is 10.0. The van der Waals surface area contributed by atoms with E-state index >= 15 is 0 Å². The van der Waals surface area contributed by atoms with Crippen LogP contribution in [0.15, 0.2) is 12.1 Å². The summed E-state index contributed by atoms with van der Waals surface area (Å²) in [6.45, 7) is 1.54. The van der Waals surface area contributed by atoms with E-state index in [2.05, 4.69) is 4.74 Å². The van der Waals surface area contributed by atoms with Gasteiger partial charge in [0.2, 0.25) is 0 Å². The van der Waals surface area contributed by atoms with Crippen molar-refractivity contribution in [1.29, 1.82) is 0 Å². The monoisotopic (exact) mass is 224 g/mol. The molecule has 0 aliphatic rings. The first-order valence-electron chi connectivity index (χ1n) is 4.19. The van der Waals surface area contributed by atoms with Gasteiger partial charge in [0.25, 0.3) is 6.47 Å². The van der Waals surface area contributed by atoms with Crippen LogP contribution in [-0.4, -0.2) is 28.6 Å². The maximum absolute atomic E-state index is 10.8. The zero-order chi connectivity index (χ0) is 12.3. The summed E-state index contributed by atoms with van der Waals surface area (Å²) in [5.74, 6) is -2.65. The van der Waals surface area contributed by atoms with E-state index in [0.29, 0.717) is 0 Å². The quantitative estimate of drug-likeness (QED) is 0.737. The second-order valence-corrected chi connectivity index (χ2v) is 2.97. The third kappa shape index (κ3) is 2.17. The van der Waals surface area contributed by atoms with Gasteiger partial charge in [0.15, 0.2) is 0 Å². The molecule has 6 nitrogen and oxygen atoms in total. The van der Waals surface area contributed by atoms with Crippen LogP contribution in [0.1, 0.15) is 26.3 Å². The third-order valence-electron chi connectivity index (χ3n) is 2.01. The lowest BCUT2D eigenvalue weighted by Gasteiger charge is -2.07. The number of hydrogen-bond donors (Lipinski definition) is 2. The smallest absolute Gasteiger partial charge is 0.336 e. The van der Waals surface area contributed by atoms with Crippen molar-refractivity contribution in [2.24, 2.45) is 0 Å². The van der Waals surface area contributed by atoms with Gasteiger partial charge in [-0.1, -0.05) is 0 Å². The van der Waals surface area contributed by atoms with E-state index in [0.717, 1.165) is 12.1 Å². The number of rotatable bonds is 4. The Hall–Kier alpha value is -2.37. The van der Waals surface area contributed by atoms with Crippen LogP contribution < -0.4 is 4.74 Å². The number of carbonyl (C=O) groups is 3. The van der Waals surface area contributed by atoms with Crippen LogP contribution in [0, 0.1) is 6.92 Å². The molecule has 16 heavy (non-hydrogen) atoms. The molecule has 0 aliphatic carbocycles. The Labute approximate surface area is 90.1 Å². The molecular weight excluding hydrogens is 216 g/mol. The molecule has 0 fully saturated rings. The first-order valence-corrected chi connectivity index (χ1v) is 4.19. The molecule has 0 saturated heterocycles. The second kappa shape index (κ2) is 4.43. The highest BCUT2D eigenvalue weighted by Crippen LogP contribution is 2.24. The fourth-order valence-electron chi connectivity index (χ4n) is 1.21. The summed E-state index contributed by atoms with van der Waals surface area (Å²) in [5, 5.41) is 17.6. The topological polar surface area (TPSA) is 101 Å². The lowest BCUT2D eigenvalue weighted by Crippen LogP contribution is -2.07. The minimum Gasteiger partial charge on any atom is -0.478 e. The van der Waals surface area contributed by atoms with Crippen molar-refractivity contribution >= 4 is 18.4 Å². The van der Waals surface area contributed by atoms with Crippen LogP contribution in [0.4, 0.5) is 0 Å². The maximum atomic E-state index is 10.8. The molecule has 1 rings (SSSR count). The number of aromatic carboxylic acids is 2. The molecule has 6 heteroatoms. The van der Waals surface area contributed by atoms with E-state index in [9.17, 15) is 14.4 Å². The summed E-state index contributed by atoms with van der Waals surface area (Å²) in [5.41, 5.74) is -0.263. The van der Waals surface area contributed by atoms with Crippen molar-refractivity contribution in [2.75, 3.05) is 0 Å². The molecule has 2 N–H and O–H groups in total. The number of ether oxygens (including phenoxy) is 1. The van der Waals surface area contributed by atoms with Gasteiger partial charge in [0.1, 0.15) is 5.75 Å². The van der Waals surface area contributed by atoms with Gasteiger partial charge >= 0.3 is 11.9 Å². The third-order valence-corrected chi connectivity index (χ3v) is 2.01. The minimum absolute atomic E-state index is 0.0766. The van der Waals surface area contributed by atoms with Gasteiger partial charge < -0.3 is 14.9 Å².